The summed E-state index contributed by atoms with van der Waals surface area (Å²) in [5.74, 6) is 0. The molecule has 6 heteroatoms. The van der Waals surface area contributed by atoms with E-state index in [9.17, 15) is 8.42 Å². The Morgan fingerprint density at radius 2 is 1.68 bits per heavy atom. The van der Waals surface area contributed by atoms with Crippen LogP contribution in [0.15, 0.2) is 17.0 Å². The number of aryl methyl sites for hydroxylation is 3. The molecule has 5 nitrogen and oxygen atoms in total. The van der Waals surface area contributed by atoms with Crippen LogP contribution in [0, 0.1) is 20.8 Å². The Bertz CT molecular complexity index is 680. The molecule has 1 aromatic rings. The van der Waals surface area contributed by atoms with Crippen molar-refractivity contribution < 1.29 is 13.2 Å². The fourth-order valence-corrected chi connectivity index (χ4v) is 5.93. The zero-order chi connectivity index (χ0) is 18.0. The van der Waals surface area contributed by atoms with Crippen LogP contribution in [0.5, 0.6) is 0 Å². The van der Waals surface area contributed by atoms with Crippen molar-refractivity contribution in [2.45, 2.75) is 51.0 Å². The summed E-state index contributed by atoms with van der Waals surface area (Å²) < 4.78 is 33.7. The minimum absolute atomic E-state index is 0.318. The standard InChI is InChI=1S/C19H30N2O3S/c1-15-12-16(2)19(17(3)13-15)25(22,23)21-9-7-20(8-10-21)14-18-6-4-5-11-24-18/h12-13,18H,4-11,14H2,1-3H3/t18-/m0/s1. The molecule has 1 atom stereocenters. The molecule has 0 bridgehead atoms. The molecule has 0 unspecified atom stereocenters. The minimum Gasteiger partial charge on any atom is -0.377 e. The summed E-state index contributed by atoms with van der Waals surface area (Å²) in [4.78, 5) is 2.83. The summed E-state index contributed by atoms with van der Waals surface area (Å²) in [5.41, 5.74) is 2.79. The molecule has 0 saturated carbocycles. The van der Waals surface area contributed by atoms with Gasteiger partial charge in [-0.2, -0.15) is 4.31 Å². The van der Waals surface area contributed by atoms with E-state index in [-0.39, 0.29) is 0 Å². The van der Waals surface area contributed by atoms with Crippen molar-refractivity contribution >= 4 is 10.0 Å². The van der Waals surface area contributed by atoms with Gasteiger partial charge in [0.05, 0.1) is 11.0 Å². The molecular weight excluding hydrogens is 336 g/mol. The second-order valence-corrected chi connectivity index (χ2v) is 9.30. The fourth-order valence-electron chi connectivity index (χ4n) is 4.09. The predicted molar refractivity (Wildman–Crippen MR) is 99.4 cm³/mol. The average molecular weight is 367 g/mol. The van der Waals surface area contributed by atoms with Crippen molar-refractivity contribution in [1.29, 1.82) is 0 Å². The van der Waals surface area contributed by atoms with E-state index < -0.39 is 10.0 Å². The van der Waals surface area contributed by atoms with Gasteiger partial charge in [-0.1, -0.05) is 17.7 Å². The zero-order valence-electron chi connectivity index (χ0n) is 15.6. The Balaban J connectivity index is 1.65. The van der Waals surface area contributed by atoms with Crippen LogP contribution in [-0.2, 0) is 14.8 Å². The van der Waals surface area contributed by atoms with Crippen LogP contribution in [0.1, 0.15) is 36.0 Å². The van der Waals surface area contributed by atoms with Crippen LogP contribution < -0.4 is 0 Å². The van der Waals surface area contributed by atoms with Crippen LogP contribution >= 0.6 is 0 Å². The number of rotatable bonds is 4. The number of ether oxygens (including phenoxy) is 1. The maximum Gasteiger partial charge on any atom is 0.243 e. The normalized spacial score (nSPS) is 23.7. The van der Waals surface area contributed by atoms with Crippen molar-refractivity contribution in [1.82, 2.24) is 9.21 Å². The first kappa shape index (κ1) is 18.8. The van der Waals surface area contributed by atoms with Crippen molar-refractivity contribution in [2.24, 2.45) is 0 Å². The van der Waals surface area contributed by atoms with Gasteiger partial charge in [0.25, 0.3) is 0 Å². The molecule has 25 heavy (non-hydrogen) atoms. The van der Waals surface area contributed by atoms with Gasteiger partial charge < -0.3 is 4.74 Å². The minimum atomic E-state index is -3.42. The van der Waals surface area contributed by atoms with Gasteiger partial charge in [0.15, 0.2) is 0 Å². The summed E-state index contributed by atoms with van der Waals surface area (Å²) in [6, 6.07) is 3.91. The monoisotopic (exact) mass is 366 g/mol. The molecular formula is C19H30N2O3S. The van der Waals surface area contributed by atoms with Gasteiger partial charge in [-0.15, -0.1) is 0 Å². The molecule has 140 valence electrons. The van der Waals surface area contributed by atoms with E-state index in [2.05, 4.69) is 4.90 Å². The van der Waals surface area contributed by atoms with Gasteiger partial charge in [0, 0.05) is 39.3 Å². The summed E-state index contributed by atoms with van der Waals surface area (Å²) in [6.07, 6.45) is 3.85. The molecule has 0 spiro atoms. The third-order valence-electron chi connectivity index (χ3n) is 5.27. The molecule has 0 radical (unpaired) electrons. The second-order valence-electron chi connectivity index (χ2n) is 7.42. The highest BCUT2D eigenvalue weighted by Gasteiger charge is 2.31. The third-order valence-corrected chi connectivity index (χ3v) is 7.47. The molecule has 2 aliphatic rings. The Morgan fingerprint density at radius 1 is 1.04 bits per heavy atom. The number of benzene rings is 1. The van der Waals surface area contributed by atoms with E-state index in [1.54, 1.807) is 4.31 Å². The van der Waals surface area contributed by atoms with Gasteiger partial charge in [-0.05, 0) is 51.2 Å². The molecule has 2 aliphatic heterocycles. The maximum atomic E-state index is 13.1. The first-order chi connectivity index (χ1) is 11.9. The van der Waals surface area contributed by atoms with Crippen molar-refractivity contribution in [3.8, 4) is 0 Å². The van der Waals surface area contributed by atoms with Gasteiger partial charge in [0.1, 0.15) is 0 Å². The molecule has 0 aliphatic carbocycles. The molecule has 0 amide bonds. The Labute approximate surface area is 152 Å². The third kappa shape index (κ3) is 4.25. The Kier molecular flexibility index (Phi) is 5.83. The van der Waals surface area contributed by atoms with E-state index in [0.29, 0.717) is 24.1 Å². The highest BCUT2D eigenvalue weighted by atomic mass is 32.2. The smallest absolute Gasteiger partial charge is 0.243 e. The second kappa shape index (κ2) is 7.74. The number of hydrogen-bond donors (Lipinski definition) is 0. The largest absolute Gasteiger partial charge is 0.377 e. The lowest BCUT2D eigenvalue weighted by Crippen LogP contribution is -2.51. The van der Waals surface area contributed by atoms with Crippen LogP contribution in [0.3, 0.4) is 0 Å². The Morgan fingerprint density at radius 3 is 2.24 bits per heavy atom. The van der Waals surface area contributed by atoms with E-state index in [1.807, 2.05) is 32.9 Å². The quantitative estimate of drug-likeness (QED) is 0.821. The molecule has 0 aromatic heterocycles. The van der Waals surface area contributed by atoms with Gasteiger partial charge in [-0.3, -0.25) is 4.90 Å². The van der Waals surface area contributed by atoms with Crippen LogP contribution in [0.2, 0.25) is 0 Å². The van der Waals surface area contributed by atoms with E-state index in [0.717, 1.165) is 55.8 Å². The number of piperazine rings is 1. The fraction of sp³-hybridized carbons (Fsp3) is 0.684. The molecule has 1 aromatic carbocycles. The molecule has 0 N–H and O–H groups in total. The van der Waals surface area contributed by atoms with Gasteiger partial charge in [0.2, 0.25) is 10.0 Å². The maximum absolute atomic E-state index is 13.1. The van der Waals surface area contributed by atoms with Crippen molar-refractivity contribution in [3.05, 3.63) is 28.8 Å². The lowest BCUT2D eigenvalue weighted by atomic mass is 10.1. The summed E-state index contributed by atoms with van der Waals surface area (Å²) in [6.45, 7) is 10.3. The topological polar surface area (TPSA) is 49.9 Å². The van der Waals surface area contributed by atoms with Gasteiger partial charge in [-0.25, -0.2) is 8.42 Å². The SMILES string of the molecule is Cc1cc(C)c(S(=O)(=O)N2CCN(C[C@@H]3CCCCO3)CC2)c(C)c1. The van der Waals surface area contributed by atoms with E-state index in [1.165, 1.54) is 6.42 Å². The van der Waals surface area contributed by atoms with E-state index in [4.69, 9.17) is 4.74 Å². The lowest BCUT2D eigenvalue weighted by Gasteiger charge is -2.36. The van der Waals surface area contributed by atoms with E-state index >= 15 is 0 Å². The van der Waals surface area contributed by atoms with Crippen molar-refractivity contribution in [3.63, 3.8) is 0 Å². The molecule has 2 fully saturated rings. The highest BCUT2D eigenvalue weighted by molar-refractivity contribution is 7.89. The number of hydrogen-bond acceptors (Lipinski definition) is 4. The first-order valence-electron chi connectivity index (χ1n) is 9.30. The molecule has 2 saturated heterocycles. The van der Waals surface area contributed by atoms with Gasteiger partial charge >= 0.3 is 0 Å². The highest BCUT2D eigenvalue weighted by Crippen LogP contribution is 2.26. The number of nitrogens with zero attached hydrogens (tertiary/aromatic N) is 2. The predicted octanol–water partition coefficient (Wildman–Crippen LogP) is 2.49. The number of sulfonamides is 1. The van der Waals surface area contributed by atoms with Crippen LogP contribution in [0.4, 0.5) is 0 Å². The summed E-state index contributed by atoms with van der Waals surface area (Å²) in [7, 11) is -3.42. The van der Waals surface area contributed by atoms with Crippen LogP contribution in [-0.4, -0.2) is 63.1 Å². The zero-order valence-corrected chi connectivity index (χ0v) is 16.4. The lowest BCUT2D eigenvalue weighted by molar-refractivity contribution is -0.0103. The Hall–Kier alpha value is -0.950. The summed E-state index contributed by atoms with van der Waals surface area (Å²) in [5, 5.41) is 0. The first-order valence-corrected chi connectivity index (χ1v) is 10.7. The molecule has 2 heterocycles. The average Bonchev–Trinajstić information content (AvgIpc) is 2.55. The van der Waals surface area contributed by atoms with Crippen molar-refractivity contribution in [2.75, 3.05) is 39.3 Å². The summed E-state index contributed by atoms with van der Waals surface area (Å²) >= 11 is 0. The van der Waals surface area contributed by atoms with Crippen LogP contribution in [0.25, 0.3) is 0 Å². The molecule has 3 rings (SSSR count).